The Balaban J connectivity index is 2.09. The van der Waals surface area contributed by atoms with Gasteiger partial charge in [-0.15, -0.1) is 0 Å². The zero-order valence-electron chi connectivity index (χ0n) is 13.4. The first-order chi connectivity index (χ1) is 11.7. The third kappa shape index (κ3) is 4.68. The predicted octanol–water partition coefficient (Wildman–Crippen LogP) is 1.21. The number of amides is 1. The van der Waals surface area contributed by atoms with E-state index in [0.717, 1.165) is 0 Å². The number of pyridine rings is 1. The molecule has 4 N–H and O–H groups in total. The summed E-state index contributed by atoms with van der Waals surface area (Å²) >= 11 is 0. The van der Waals surface area contributed by atoms with Gasteiger partial charge >= 0.3 is 0 Å². The van der Waals surface area contributed by atoms with Crippen molar-refractivity contribution in [1.82, 2.24) is 10.3 Å². The Hall–Kier alpha value is -2.64. The Morgan fingerprint density at radius 1 is 1.29 bits per heavy atom. The summed E-state index contributed by atoms with van der Waals surface area (Å²) in [6, 6.07) is 10.0. The fourth-order valence-electron chi connectivity index (χ4n) is 2.04. The van der Waals surface area contributed by atoms with E-state index in [2.05, 4.69) is 10.3 Å². The maximum absolute atomic E-state index is 11.8. The lowest BCUT2D eigenvalue weighted by Gasteiger charge is -2.14. The molecule has 1 aromatic carbocycles. The molecule has 1 unspecified atom stereocenters. The van der Waals surface area contributed by atoms with Crippen LogP contribution in [0.5, 0.6) is 17.4 Å². The van der Waals surface area contributed by atoms with Crippen LogP contribution < -0.4 is 20.5 Å². The van der Waals surface area contributed by atoms with Crippen LogP contribution in [0.2, 0.25) is 0 Å². The van der Waals surface area contributed by atoms with Crippen molar-refractivity contribution in [3.05, 3.63) is 48.2 Å². The molecule has 0 bridgehead atoms. The molecule has 1 atom stereocenters. The minimum Gasteiger partial charge on any atom is -0.493 e. The fourth-order valence-corrected chi connectivity index (χ4v) is 2.04. The van der Waals surface area contributed by atoms with Gasteiger partial charge in [0, 0.05) is 24.9 Å². The Labute approximate surface area is 140 Å². The summed E-state index contributed by atoms with van der Waals surface area (Å²) in [5, 5.41) is 11.5. The number of ether oxygens (including phenoxy) is 2. The van der Waals surface area contributed by atoms with Gasteiger partial charge in [0.1, 0.15) is 0 Å². The van der Waals surface area contributed by atoms with Gasteiger partial charge in [-0.25, -0.2) is 4.98 Å². The monoisotopic (exact) mass is 331 g/mol. The number of hydrogen-bond acceptors (Lipinski definition) is 6. The summed E-state index contributed by atoms with van der Waals surface area (Å²) in [4.78, 5) is 16.1. The Morgan fingerprint density at radius 2 is 2.04 bits per heavy atom. The van der Waals surface area contributed by atoms with Crippen LogP contribution in [-0.4, -0.2) is 35.8 Å². The zero-order chi connectivity index (χ0) is 17.4. The number of benzene rings is 1. The van der Waals surface area contributed by atoms with E-state index < -0.39 is 6.04 Å². The summed E-state index contributed by atoms with van der Waals surface area (Å²) < 4.78 is 11.1. The summed E-state index contributed by atoms with van der Waals surface area (Å²) in [5.41, 5.74) is 6.36. The van der Waals surface area contributed by atoms with Gasteiger partial charge in [-0.3, -0.25) is 4.79 Å². The number of carbonyl (C=O) groups is 1. The molecule has 0 saturated carbocycles. The summed E-state index contributed by atoms with van der Waals surface area (Å²) in [6.45, 7) is 0.0833. The van der Waals surface area contributed by atoms with Gasteiger partial charge in [0.25, 0.3) is 0 Å². The summed E-state index contributed by atoms with van der Waals surface area (Å²) in [5.74, 6) is 1.15. The highest BCUT2D eigenvalue weighted by Gasteiger charge is 2.14. The average Bonchev–Trinajstić information content (AvgIpc) is 2.61. The minimum atomic E-state index is -0.745. The number of para-hydroxylation sites is 2. The van der Waals surface area contributed by atoms with Crippen LogP contribution in [0.4, 0.5) is 0 Å². The molecule has 1 heterocycles. The van der Waals surface area contributed by atoms with E-state index >= 15 is 0 Å². The number of rotatable bonds is 8. The lowest BCUT2D eigenvalue weighted by Crippen LogP contribution is -2.40. The molecule has 1 aromatic heterocycles. The van der Waals surface area contributed by atoms with E-state index in [1.165, 1.54) is 0 Å². The van der Waals surface area contributed by atoms with Crippen LogP contribution in [0, 0.1) is 0 Å². The molecule has 2 aromatic rings. The molecule has 7 heteroatoms. The molecule has 0 saturated heterocycles. The van der Waals surface area contributed by atoms with E-state index in [9.17, 15) is 4.79 Å². The summed E-state index contributed by atoms with van der Waals surface area (Å²) in [6.07, 6.45) is 1.82. The van der Waals surface area contributed by atoms with Gasteiger partial charge in [0.2, 0.25) is 11.8 Å². The van der Waals surface area contributed by atoms with Gasteiger partial charge in [-0.05, 0) is 24.6 Å². The third-order valence-electron chi connectivity index (χ3n) is 3.36. The van der Waals surface area contributed by atoms with Gasteiger partial charge in [0.15, 0.2) is 11.5 Å². The smallest absolute Gasteiger partial charge is 0.237 e. The lowest BCUT2D eigenvalue weighted by molar-refractivity contribution is -0.122. The maximum atomic E-state index is 11.8. The van der Waals surface area contributed by atoms with Crippen molar-refractivity contribution in [2.24, 2.45) is 5.73 Å². The first-order valence-electron chi connectivity index (χ1n) is 7.54. The second-order valence-electron chi connectivity index (χ2n) is 5.06. The summed E-state index contributed by atoms with van der Waals surface area (Å²) in [7, 11) is 1.56. The van der Waals surface area contributed by atoms with E-state index in [1.807, 2.05) is 12.1 Å². The molecule has 0 aliphatic carbocycles. The Kier molecular flexibility index (Phi) is 6.53. The van der Waals surface area contributed by atoms with Crippen LogP contribution in [0.1, 0.15) is 12.0 Å². The second kappa shape index (κ2) is 8.85. The van der Waals surface area contributed by atoms with E-state index in [4.69, 9.17) is 20.3 Å². The number of nitrogens with two attached hydrogens (primary N) is 1. The Bertz CT molecular complexity index is 678. The third-order valence-corrected chi connectivity index (χ3v) is 3.36. The van der Waals surface area contributed by atoms with Crippen molar-refractivity contribution < 1.29 is 19.4 Å². The number of carbonyl (C=O) groups excluding carboxylic acids is 1. The van der Waals surface area contributed by atoms with Gasteiger partial charge in [-0.1, -0.05) is 18.2 Å². The van der Waals surface area contributed by atoms with Gasteiger partial charge in [-0.2, -0.15) is 0 Å². The molecular weight excluding hydrogens is 310 g/mol. The normalized spacial score (nSPS) is 11.6. The average molecular weight is 331 g/mol. The SMILES string of the molecule is COc1ccccc1Oc1ncccc1CNC(=O)C(N)CCO. The number of methoxy groups -OCH3 is 1. The molecule has 0 aliphatic rings. The van der Waals surface area contributed by atoms with Crippen LogP contribution >= 0.6 is 0 Å². The first kappa shape index (κ1) is 17.7. The highest BCUT2D eigenvalue weighted by atomic mass is 16.5. The van der Waals surface area contributed by atoms with E-state index in [0.29, 0.717) is 22.9 Å². The van der Waals surface area contributed by atoms with Crippen LogP contribution in [0.3, 0.4) is 0 Å². The van der Waals surface area contributed by atoms with E-state index in [1.54, 1.807) is 37.6 Å². The van der Waals surface area contributed by atoms with Crippen LogP contribution in [0.25, 0.3) is 0 Å². The van der Waals surface area contributed by atoms with Crippen molar-refractivity contribution in [3.63, 3.8) is 0 Å². The van der Waals surface area contributed by atoms with Gasteiger partial charge < -0.3 is 25.6 Å². The van der Waals surface area contributed by atoms with E-state index in [-0.39, 0.29) is 25.5 Å². The topological polar surface area (TPSA) is 107 Å². The molecule has 0 fully saturated rings. The maximum Gasteiger partial charge on any atom is 0.237 e. The van der Waals surface area contributed by atoms with Crippen molar-refractivity contribution in [3.8, 4) is 17.4 Å². The van der Waals surface area contributed by atoms with Crippen molar-refractivity contribution in [1.29, 1.82) is 0 Å². The second-order valence-corrected chi connectivity index (χ2v) is 5.06. The largest absolute Gasteiger partial charge is 0.493 e. The molecule has 0 aliphatic heterocycles. The van der Waals surface area contributed by atoms with Crippen molar-refractivity contribution in [2.75, 3.05) is 13.7 Å². The molecule has 0 radical (unpaired) electrons. The lowest BCUT2D eigenvalue weighted by atomic mass is 10.2. The standard InChI is InChI=1S/C17H21N3O4/c1-23-14-6-2-3-7-15(14)24-17-12(5-4-9-19-17)11-20-16(22)13(18)8-10-21/h2-7,9,13,21H,8,10-11,18H2,1H3,(H,20,22). The first-order valence-corrected chi connectivity index (χ1v) is 7.54. The molecule has 1 amide bonds. The van der Waals surface area contributed by atoms with Crippen molar-refractivity contribution >= 4 is 5.91 Å². The number of aliphatic hydroxyl groups is 1. The van der Waals surface area contributed by atoms with Crippen LogP contribution in [-0.2, 0) is 11.3 Å². The molecule has 2 rings (SSSR count). The highest BCUT2D eigenvalue weighted by molar-refractivity contribution is 5.81. The van der Waals surface area contributed by atoms with Crippen molar-refractivity contribution in [2.45, 2.75) is 19.0 Å². The molecule has 128 valence electrons. The number of nitrogens with one attached hydrogen (secondary N) is 1. The highest BCUT2D eigenvalue weighted by Crippen LogP contribution is 2.31. The van der Waals surface area contributed by atoms with Gasteiger partial charge in [0.05, 0.1) is 13.2 Å². The zero-order valence-corrected chi connectivity index (χ0v) is 13.4. The van der Waals surface area contributed by atoms with Crippen LogP contribution in [0.15, 0.2) is 42.6 Å². The number of nitrogens with zero attached hydrogens (tertiary/aromatic N) is 1. The minimum absolute atomic E-state index is 0.135. The number of hydrogen-bond donors (Lipinski definition) is 3. The molecule has 24 heavy (non-hydrogen) atoms. The molecular formula is C17H21N3O4. The number of aliphatic hydroxyl groups excluding tert-OH is 1. The predicted molar refractivity (Wildman–Crippen MR) is 88.8 cm³/mol. The fraction of sp³-hybridized carbons (Fsp3) is 0.294. The number of aromatic nitrogens is 1. The molecule has 7 nitrogen and oxygen atoms in total. The Morgan fingerprint density at radius 3 is 2.75 bits per heavy atom. The molecule has 0 spiro atoms. The quantitative estimate of drug-likeness (QED) is 0.671.